The van der Waals surface area contributed by atoms with Crippen LogP contribution in [0.4, 0.5) is 0 Å². The molecule has 0 amide bonds. The van der Waals surface area contributed by atoms with Crippen LogP contribution < -0.4 is 0 Å². The Morgan fingerprint density at radius 3 is 2.47 bits per heavy atom. The molecule has 0 bridgehead atoms. The quantitative estimate of drug-likeness (QED) is 0.618. The molecule has 1 aromatic heterocycles. The number of hydrogen-bond acceptors (Lipinski definition) is 4. The summed E-state index contributed by atoms with van der Waals surface area (Å²) >= 11 is 12.6. The fourth-order valence-electron chi connectivity index (χ4n) is 1.10. The number of Topliss-reactive ketones (excluding diaryl/α,β-unsaturated/α-hetero) is 1. The van der Waals surface area contributed by atoms with E-state index < -0.39 is 0 Å². The van der Waals surface area contributed by atoms with Crippen LogP contribution in [-0.4, -0.2) is 16.5 Å². The van der Waals surface area contributed by atoms with Gasteiger partial charge in [-0.15, -0.1) is 0 Å². The number of rotatable bonds is 2. The Labute approximate surface area is 112 Å². The summed E-state index contributed by atoms with van der Waals surface area (Å²) in [4.78, 5) is 15.4. The summed E-state index contributed by atoms with van der Waals surface area (Å²) in [6.45, 7) is 0. The minimum atomic E-state index is -0.380. The predicted octanol–water partition coefficient (Wildman–Crippen LogP) is 3.36. The molecular weight excluding hydrogens is 279 g/mol. The third-order valence-electron chi connectivity index (χ3n) is 1.87. The maximum atomic E-state index is 11.3. The fraction of sp³-hybridized carbons (Fsp3) is 0. The Hall–Kier alpha value is -1.10. The molecule has 1 heterocycles. The summed E-state index contributed by atoms with van der Waals surface area (Å²) in [7, 11) is 0. The fourth-order valence-corrected chi connectivity index (χ4v) is 2.13. The average Bonchev–Trinajstić information content (AvgIpc) is 2.34. The van der Waals surface area contributed by atoms with E-state index in [4.69, 9.17) is 23.2 Å². The highest BCUT2D eigenvalue weighted by Gasteiger charge is 2.17. The van der Waals surface area contributed by atoms with Crippen molar-refractivity contribution in [1.29, 1.82) is 0 Å². The minimum Gasteiger partial charge on any atom is -0.287 e. The van der Waals surface area contributed by atoms with Crippen molar-refractivity contribution in [2.24, 2.45) is 4.40 Å². The van der Waals surface area contributed by atoms with Crippen LogP contribution in [-0.2, 0) is 4.79 Å². The lowest BCUT2D eigenvalue weighted by Gasteiger charge is -2.04. The van der Waals surface area contributed by atoms with Crippen LogP contribution in [0.2, 0.25) is 0 Å². The minimum absolute atomic E-state index is 0.0675. The number of aromatic nitrogens is 1. The first-order valence-electron chi connectivity index (χ1n) is 4.62. The number of ketones is 1. The third-order valence-corrected chi connectivity index (χ3v) is 3.16. The molecule has 0 atom stereocenters. The molecule has 0 aliphatic heterocycles. The lowest BCUT2D eigenvalue weighted by Crippen LogP contribution is -2.07. The Kier molecular flexibility index (Phi) is 3.99. The zero-order valence-electron chi connectivity index (χ0n) is 8.43. The molecule has 0 fully saturated rings. The zero-order chi connectivity index (χ0) is 12.3. The molecule has 0 N–H and O–H groups in total. The molecule has 86 valence electrons. The highest BCUT2D eigenvalue weighted by molar-refractivity contribution is 7.98. The molecule has 6 heteroatoms. The third kappa shape index (κ3) is 3.19. The number of halogens is 2. The van der Waals surface area contributed by atoms with Gasteiger partial charge in [0.1, 0.15) is 5.03 Å². The van der Waals surface area contributed by atoms with E-state index in [0.717, 1.165) is 5.03 Å². The maximum Gasteiger partial charge on any atom is 0.215 e. The number of hydrogen-bond donors (Lipinski definition) is 0. The van der Waals surface area contributed by atoms with Gasteiger partial charge >= 0.3 is 0 Å². The number of nitrogens with zero attached hydrogens (tertiary/aromatic N) is 2. The highest BCUT2D eigenvalue weighted by Crippen LogP contribution is 2.22. The first kappa shape index (κ1) is 12.4. The zero-order valence-corrected chi connectivity index (χ0v) is 10.8. The van der Waals surface area contributed by atoms with Gasteiger partial charge in [-0.1, -0.05) is 29.3 Å². The molecule has 2 rings (SSSR count). The lowest BCUT2D eigenvalue weighted by atomic mass is 10.1. The van der Waals surface area contributed by atoms with Crippen LogP contribution in [0.1, 0.15) is 0 Å². The molecule has 0 saturated carbocycles. The van der Waals surface area contributed by atoms with E-state index in [9.17, 15) is 4.79 Å². The van der Waals surface area contributed by atoms with Crippen LogP contribution in [0.15, 0.2) is 56.0 Å². The van der Waals surface area contributed by atoms with Crippen molar-refractivity contribution in [3.05, 3.63) is 46.6 Å². The van der Waals surface area contributed by atoms with Gasteiger partial charge in [0.05, 0.1) is 15.8 Å². The van der Waals surface area contributed by atoms with Gasteiger partial charge in [-0.2, -0.15) is 0 Å². The van der Waals surface area contributed by atoms with E-state index in [-0.39, 0.29) is 15.8 Å². The molecule has 0 saturated heterocycles. The molecule has 3 nitrogen and oxygen atoms in total. The number of allylic oxidation sites excluding steroid dienone is 4. The highest BCUT2D eigenvalue weighted by atomic mass is 35.5. The second-order valence-corrected chi connectivity index (χ2v) is 4.69. The van der Waals surface area contributed by atoms with Crippen molar-refractivity contribution in [2.75, 3.05) is 0 Å². The van der Waals surface area contributed by atoms with E-state index in [0.29, 0.717) is 5.71 Å². The molecule has 0 spiro atoms. The van der Waals surface area contributed by atoms with Gasteiger partial charge in [0.25, 0.3) is 0 Å². The smallest absolute Gasteiger partial charge is 0.215 e. The van der Waals surface area contributed by atoms with E-state index in [1.165, 1.54) is 24.1 Å². The molecule has 1 aliphatic rings. The molecule has 17 heavy (non-hydrogen) atoms. The normalized spacial score (nSPS) is 15.4. The summed E-state index contributed by atoms with van der Waals surface area (Å²) in [5.41, 5.74) is 0.537. The van der Waals surface area contributed by atoms with Gasteiger partial charge in [-0.25, -0.2) is 9.38 Å². The first-order valence-corrected chi connectivity index (χ1v) is 6.15. The van der Waals surface area contributed by atoms with Crippen molar-refractivity contribution in [3.63, 3.8) is 0 Å². The average molecular weight is 285 g/mol. The van der Waals surface area contributed by atoms with Crippen molar-refractivity contribution >= 4 is 46.6 Å². The van der Waals surface area contributed by atoms with Crippen LogP contribution in [0, 0.1) is 0 Å². The van der Waals surface area contributed by atoms with E-state index >= 15 is 0 Å². The number of pyridine rings is 1. The Balaban J connectivity index is 2.16. The van der Waals surface area contributed by atoms with E-state index in [2.05, 4.69) is 9.38 Å². The SMILES string of the molecule is O=C1C(Cl)=CC(=NSc2ccccn2)C=C1Cl. The van der Waals surface area contributed by atoms with Gasteiger partial charge in [0.2, 0.25) is 5.78 Å². The van der Waals surface area contributed by atoms with Gasteiger partial charge in [-0.3, -0.25) is 4.79 Å². The Morgan fingerprint density at radius 1 is 1.18 bits per heavy atom. The molecular formula is C11H6Cl2N2OS. The monoisotopic (exact) mass is 284 g/mol. The second-order valence-electron chi connectivity index (χ2n) is 3.09. The van der Waals surface area contributed by atoms with Crippen LogP contribution in [0.25, 0.3) is 0 Å². The van der Waals surface area contributed by atoms with Gasteiger partial charge < -0.3 is 0 Å². The van der Waals surface area contributed by atoms with Gasteiger partial charge in [0.15, 0.2) is 0 Å². The summed E-state index contributed by atoms with van der Waals surface area (Å²) in [5, 5.41) is 0.890. The molecule has 0 aromatic carbocycles. The Morgan fingerprint density at radius 2 is 1.88 bits per heavy atom. The van der Waals surface area contributed by atoms with Crippen LogP contribution in [0.5, 0.6) is 0 Å². The molecule has 1 aromatic rings. The van der Waals surface area contributed by atoms with Crippen LogP contribution >= 0.6 is 35.1 Å². The molecule has 1 aliphatic carbocycles. The maximum absolute atomic E-state index is 11.3. The molecule has 0 radical (unpaired) electrons. The van der Waals surface area contributed by atoms with Crippen molar-refractivity contribution < 1.29 is 4.79 Å². The second kappa shape index (κ2) is 5.49. The molecule has 0 unspecified atom stereocenters. The topological polar surface area (TPSA) is 42.3 Å². The first-order chi connectivity index (χ1) is 8.16. The number of carbonyl (C=O) groups excluding carboxylic acids is 1. The van der Waals surface area contributed by atoms with Crippen molar-refractivity contribution in [1.82, 2.24) is 4.98 Å². The van der Waals surface area contributed by atoms with Gasteiger partial charge in [0, 0.05) is 18.1 Å². The summed E-state index contributed by atoms with van der Waals surface area (Å²) in [6, 6.07) is 5.52. The number of carbonyl (C=O) groups is 1. The standard InChI is InChI=1S/C11H6Cl2N2OS/c12-8-5-7(6-9(13)11(8)16)15-17-10-3-1-2-4-14-10/h1-6H. The largest absolute Gasteiger partial charge is 0.287 e. The summed E-state index contributed by atoms with van der Waals surface area (Å²) in [5.74, 6) is -0.380. The van der Waals surface area contributed by atoms with Gasteiger partial charge in [-0.05, 0) is 24.3 Å². The predicted molar refractivity (Wildman–Crippen MR) is 70.4 cm³/mol. The summed E-state index contributed by atoms with van der Waals surface area (Å²) < 4.78 is 4.19. The van der Waals surface area contributed by atoms with Crippen LogP contribution in [0.3, 0.4) is 0 Å². The van der Waals surface area contributed by atoms with Crippen molar-refractivity contribution in [3.8, 4) is 0 Å². The lowest BCUT2D eigenvalue weighted by molar-refractivity contribution is -0.111. The van der Waals surface area contributed by atoms with Crippen molar-refractivity contribution in [2.45, 2.75) is 5.03 Å². The Bertz CT molecular complexity index is 514. The van der Waals surface area contributed by atoms with E-state index in [1.54, 1.807) is 6.20 Å². The van der Waals surface area contributed by atoms with E-state index in [1.807, 2.05) is 18.2 Å². The summed E-state index contributed by atoms with van der Waals surface area (Å²) in [6.07, 6.45) is 4.63.